The molecule has 0 bridgehead atoms. The number of hydrogen-bond acceptors (Lipinski definition) is 1. The van der Waals surface area contributed by atoms with Gasteiger partial charge in [-0.15, -0.1) is 0 Å². The van der Waals surface area contributed by atoms with Gasteiger partial charge in [0, 0.05) is 6.10 Å². The van der Waals surface area contributed by atoms with Gasteiger partial charge in [0.05, 0.1) is 0 Å². The molecule has 146 valence electrons. The van der Waals surface area contributed by atoms with E-state index in [4.69, 9.17) is 4.43 Å². The molecule has 2 fully saturated rings. The Morgan fingerprint density at radius 2 is 1.85 bits per heavy atom. The van der Waals surface area contributed by atoms with Crippen LogP contribution in [0.25, 0.3) is 0 Å². The highest BCUT2D eigenvalue weighted by Crippen LogP contribution is 2.66. The van der Waals surface area contributed by atoms with Crippen LogP contribution in [0.5, 0.6) is 0 Å². The van der Waals surface area contributed by atoms with Crippen LogP contribution in [-0.4, -0.2) is 14.4 Å². The van der Waals surface area contributed by atoms with E-state index in [2.05, 4.69) is 58.6 Å². The van der Waals surface area contributed by atoms with Gasteiger partial charge in [-0.2, -0.15) is 0 Å². The molecule has 7 atom stereocenters. The van der Waals surface area contributed by atoms with Crippen molar-refractivity contribution in [3.63, 3.8) is 0 Å². The first kappa shape index (κ1) is 19.0. The predicted molar refractivity (Wildman–Crippen MR) is 114 cm³/mol. The highest BCUT2D eigenvalue weighted by molar-refractivity contribution is 6.69. The zero-order chi connectivity index (χ0) is 18.7. The summed E-state index contributed by atoms with van der Waals surface area (Å²) in [5.74, 6) is 3.51. The first-order valence-electron chi connectivity index (χ1n) is 11.2. The van der Waals surface area contributed by atoms with E-state index < -0.39 is 8.32 Å². The molecule has 7 unspecified atom stereocenters. The largest absolute Gasteiger partial charge is 0.415 e. The minimum absolute atomic E-state index is 0.441. The average molecular weight is 373 g/mol. The Labute approximate surface area is 162 Å². The molecule has 2 saturated carbocycles. The topological polar surface area (TPSA) is 9.23 Å². The highest BCUT2D eigenvalue weighted by atomic mass is 28.4. The van der Waals surface area contributed by atoms with Crippen LogP contribution < -0.4 is 0 Å². The van der Waals surface area contributed by atoms with Crippen molar-refractivity contribution in [3.05, 3.63) is 23.8 Å². The van der Waals surface area contributed by atoms with E-state index in [1.165, 1.54) is 44.9 Å². The van der Waals surface area contributed by atoms with Crippen molar-refractivity contribution in [2.45, 2.75) is 91.5 Å². The van der Waals surface area contributed by atoms with Crippen LogP contribution in [0.2, 0.25) is 19.6 Å². The maximum Gasteiger partial charge on any atom is 0.184 e. The monoisotopic (exact) mass is 372 g/mol. The zero-order valence-corrected chi connectivity index (χ0v) is 19.0. The van der Waals surface area contributed by atoms with Crippen LogP contribution in [0.3, 0.4) is 0 Å². The molecule has 0 heterocycles. The lowest BCUT2D eigenvalue weighted by Gasteiger charge is -2.57. The second-order valence-electron chi connectivity index (χ2n) is 11.3. The van der Waals surface area contributed by atoms with Gasteiger partial charge in [0.25, 0.3) is 0 Å². The van der Waals surface area contributed by atoms with Crippen LogP contribution in [0.4, 0.5) is 0 Å². The molecular weight excluding hydrogens is 332 g/mol. The van der Waals surface area contributed by atoms with Gasteiger partial charge in [-0.05, 0) is 112 Å². The van der Waals surface area contributed by atoms with Gasteiger partial charge in [0.2, 0.25) is 0 Å². The summed E-state index contributed by atoms with van der Waals surface area (Å²) in [7, 11) is -1.46. The van der Waals surface area contributed by atoms with E-state index in [9.17, 15) is 0 Å². The third-order valence-corrected chi connectivity index (χ3v) is 9.91. The van der Waals surface area contributed by atoms with Crippen molar-refractivity contribution < 1.29 is 4.43 Å². The van der Waals surface area contributed by atoms with Crippen LogP contribution in [0, 0.1) is 34.5 Å². The van der Waals surface area contributed by atoms with E-state index in [1.54, 1.807) is 5.57 Å². The van der Waals surface area contributed by atoms with Crippen molar-refractivity contribution in [2.75, 3.05) is 0 Å². The third-order valence-electron chi connectivity index (χ3n) is 8.83. The highest BCUT2D eigenvalue weighted by Gasteiger charge is 2.58. The fourth-order valence-corrected chi connectivity index (χ4v) is 9.03. The molecule has 4 aliphatic carbocycles. The molecule has 0 aromatic rings. The lowest BCUT2D eigenvalue weighted by atomic mass is 9.48. The number of allylic oxidation sites excluding steroid dienone is 4. The first-order chi connectivity index (χ1) is 12.2. The van der Waals surface area contributed by atoms with E-state index in [0.29, 0.717) is 16.9 Å². The molecule has 2 heteroatoms. The van der Waals surface area contributed by atoms with Gasteiger partial charge in [0.1, 0.15) is 0 Å². The molecule has 0 aliphatic heterocycles. The summed E-state index contributed by atoms with van der Waals surface area (Å²) in [6.45, 7) is 14.7. The van der Waals surface area contributed by atoms with E-state index >= 15 is 0 Å². The van der Waals surface area contributed by atoms with E-state index in [1.807, 2.05) is 0 Å². The lowest BCUT2D eigenvalue weighted by Crippen LogP contribution is -2.50. The SMILES string of the molecule is CC(O[Si](C)(C)C)C1CCC2C3CC=C4C=CCCC4(C)C3CCC12C. The van der Waals surface area contributed by atoms with Crippen LogP contribution in [0.1, 0.15) is 65.7 Å². The molecule has 0 spiro atoms. The van der Waals surface area contributed by atoms with Gasteiger partial charge in [0.15, 0.2) is 8.32 Å². The van der Waals surface area contributed by atoms with Crippen LogP contribution >= 0.6 is 0 Å². The molecule has 0 amide bonds. The molecule has 0 saturated heterocycles. The van der Waals surface area contributed by atoms with Gasteiger partial charge in [-0.3, -0.25) is 0 Å². The molecule has 0 N–H and O–H groups in total. The Bertz CT molecular complexity index is 614. The van der Waals surface area contributed by atoms with Crippen molar-refractivity contribution in [3.8, 4) is 0 Å². The standard InChI is InChI=1S/C24H40OSi/c1-17(25-26(4,5)6)20-12-13-21-19-11-10-18-9-7-8-15-23(18,2)22(19)14-16-24(20,21)3/h7,9-10,17,19-22H,8,11-16H2,1-6H3. The Balaban J connectivity index is 1.59. The molecule has 4 aliphatic rings. The lowest BCUT2D eigenvalue weighted by molar-refractivity contribution is -0.0552. The molecule has 0 radical (unpaired) electrons. The summed E-state index contributed by atoms with van der Waals surface area (Å²) in [5.41, 5.74) is 2.63. The minimum Gasteiger partial charge on any atom is -0.415 e. The maximum atomic E-state index is 6.60. The Hall–Kier alpha value is -0.343. The second-order valence-corrected chi connectivity index (χ2v) is 15.8. The quantitative estimate of drug-likeness (QED) is 0.486. The second kappa shape index (κ2) is 6.34. The summed E-state index contributed by atoms with van der Waals surface area (Å²) in [6, 6.07) is 0. The average Bonchev–Trinajstić information content (AvgIpc) is 2.90. The fraction of sp³-hybridized carbons (Fsp3) is 0.833. The minimum atomic E-state index is -1.46. The van der Waals surface area contributed by atoms with Crippen molar-refractivity contribution in [2.24, 2.45) is 34.5 Å². The number of rotatable bonds is 3. The van der Waals surface area contributed by atoms with Crippen LogP contribution in [-0.2, 0) is 4.43 Å². The van der Waals surface area contributed by atoms with Crippen molar-refractivity contribution >= 4 is 8.32 Å². The molecular formula is C24H40OSi. The Morgan fingerprint density at radius 3 is 2.58 bits per heavy atom. The molecule has 1 nitrogen and oxygen atoms in total. The molecule has 0 aromatic carbocycles. The number of fused-ring (bicyclic) bond motifs is 5. The molecule has 26 heavy (non-hydrogen) atoms. The zero-order valence-electron chi connectivity index (χ0n) is 18.0. The third kappa shape index (κ3) is 2.90. The van der Waals surface area contributed by atoms with Gasteiger partial charge < -0.3 is 4.43 Å². The van der Waals surface area contributed by atoms with Gasteiger partial charge >= 0.3 is 0 Å². The molecule has 4 rings (SSSR count). The summed E-state index contributed by atoms with van der Waals surface area (Å²) in [6.07, 6.45) is 17.6. The summed E-state index contributed by atoms with van der Waals surface area (Å²) in [4.78, 5) is 0. The summed E-state index contributed by atoms with van der Waals surface area (Å²) in [5, 5.41) is 0. The van der Waals surface area contributed by atoms with E-state index in [0.717, 1.165) is 23.7 Å². The van der Waals surface area contributed by atoms with E-state index in [-0.39, 0.29) is 0 Å². The molecule has 0 aromatic heterocycles. The number of hydrogen-bond donors (Lipinski definition) is 0. The Kier molecular flexibility index (Phi) is 4.63. The summed E-state index contributed by atoms with van der Waals surface area (Å²) >= 11 is 0. The predicted octanol–water partition coefficient (Wildman–Crippen LogP) is 6.97. The maximum absolute atomic E-state index is 6.60. The van der Waals surface area contributed by atoms with Gasteiger partial charge in [-0.1, -0.05) is 32.1 Å². The van der Waals surface area contributed by atoms with Crippen LogP contribution in [0.15, 0.2) is 23.8 Å². The van der Waals surface area contributed by atoms with Gasteiger partial charge in [-0.25, -0.2) is 0 Å². The Morgan fingerprint density at radius 1 is 1.08 bits per heavy atom. The fourth-order valence-electron chi connectivity index (χ4n) is 7.75. The first-order valence-corrected chi connectivity index (χ1v) is 14.6. The van der Waals surface area contributed by atoms with Crippen molar-refractivity contribution in [1.82, 2.24) is 0 Å². The smallest absolute Gasteiger partial charge is 0.184 e. The summed E-state index contributed by atoms with van der Waals surface area (Å²) < 4.78 is 6.60. The van der Waals surface area contributed by atoms with Crippen molar-refractivity contribution in [1.29, 1.82) is 0 Å². The normalized spacial score (nSPS) is 46.2.